The van der Waals surface area contributed by atoms with E-state index in [1.807, 2.05) is 20.8 Å². The number of carbonyl (C=O) groups is 2. The zero-order valence-corrected chi connectivity index (χ0v) is 20.9. The number of carbonyl (C=O) groups excluding carboxylic acids is 2. The van der Waals surface area contributed by atoms with Crippen molar-refractivity contribution in [3.8, 4) is 0 Å². The lowest BCUT2D eigenvalue weighted by molar-refractivity contribution is -0.132. The molecule has 7 nitrogen and oxygen atoms in total. The van der Waals surface area contributed by atoms with Gasteiger partial charge in [0, 0.05) is 23.8 Å². The molecule has 1 saturated heterocycles. The van der Waals surface area contributed by atoms with Gasteiger partial charge in [-0.15, -0.1) is 0 Å². The molecule has 33 heavy (non-hydrogen) atoms. The van der Waals surface area contributed by atoms with Crippen molar-refractivity contribution in [1.29, 1.82) is 0 Å². The summed E-state index contributed by atoms with van der Waals surface area (Å²) in [4.78, 5) is 28.4. The predicted octanol–water partition coefficient (Wildman–Crippen LogP) is 3.61. The Labute approximate surface area is 200 Å². The average Bonchev–Trinajstić information content (AvgIpc) is 2.75. The summed E-state index contributed by atoms with van der Waals surface area (Å²) in [5.74, 6) is -0.524. The molecule has 0 aromatic heterocycles. The van der Waals surface area contributed by atoms with Crippen LogP contribution in [0.3, 0.4) is 0 Å². The molecule has 2 aromatic rings. The molecule has 2 amide bonds. The maximum atomic E-state index is 13.5. The molecule has 1 aliphatic heterocycles. The van der Waals surface area contributed by atoms with Gasteiger partial charge in [-0.2, -0.15) is 4.31 Å². The van der Waals surface area contributed by atoms with Gasteiger partial charge in [-0.1, -0.05) is 49.7 Å². The number of rotatable bonds is 7. The molecule has 178 valence electrons. The van der Waals surface area contributed by atoms with Crippen LogP contribution in [-0.4, -0.2) is 49.7 Å². The molecule has 1 atom stereocenters. The minimum absolute atomic E-state index is 0.0766. The van der Waals surface area contributed by atoms with Crippen molar-refractivity contribution in [2.75, 3.05) is 24.5 Å². The normalized spacial score (nSPS) is 19.7. The minimum atomic E-state index is -3.98. The second kappa shape index (κ2) is 9.83. The fourth-order valence-corrected chi connectivity index (χ4v) is 5.61. The monoisotopic (exact) mass is 491 g/mol. The Bertz CT molecular complexity index is 1140. The SMILES string of the molecule is Cc1ccc(Cl)cc1N1C(=O)CN(S(=O)(=O)c2ccccc2)C[C@]1(C)C(=O)NCCC(C)C. The number of nitrogens with one attached hydrogen (secondary N) is 1. The van der Waals surface area contributed by atoms with Gasteiger partial charge in [-0.25, -0.2) is 8.42 Å². The molecule has 0 bridgehead atoms. The Morgan fingerprint density at radius 3 is 2.48 bits per heavy atom. The quantitative estimate of drug-likeness (QED) is 0.641. The Balaban J connectivity index is 2.05. The van der Waals surface area contributed by atoms with E-state index in [1.54, 1.807) is 43.3 Å². The summed E-state index contributed by atoms with van der Waals surface area (Å²) in [5.41, 5.74) is -0.219. The summed E-state index contributed by atoms with van der Waals surface area (Å²) in [6.45, 7) is 7.38. The van der Waals surface area contributed by atoms with E-state index in [-0.39, 0.29) is 18.0 Å². The first-order valence-electron chi connectivity index (χ1n) is 10.9. The Hall–Kier alpha value is -2.42. The van der Waals surface area contributed by atoms with Crippen LogP contribution in [0.5, 0.6) is 0 Å². The van der Waals surface area contributed by atoms with E-state index in [0.717, 1.165) is 16.3 Å². The molecule has 1 heterocycles. The van der Waals surface area contributed by atoms with Crippen molar-refractivity contribution >= 4 is 39.1 Å². The highest BCUT2D eigenvalue weighted by Gasteiger charge is 2.51. The van der Waals surface area contributed by atoms with Gasteiger partial charge in [0.25, 0.3) is 0 Å². The molecule has 0 unspecified atom stereocenters. The predicted molar refractivity (Wildman–Crippen MR) is 130 cm³/mol. The third-order valence-corrected chi connectivity index (χ3v) is 7.87. The lowest BCUT2D eigenvalue weighted by atomic mass is 9.93. The topological polar surface area (TPSA) is 86.8 Å². The number of hydrogen-bond donors (Lipinski definition) is 1. The molecule has 0 radical (unpaired) electrons. The van der Waals surface area contributed by atoms with E-state index in [0.29, 0.717) is 23.2 Å². The fraction of sp³-hybridized carbons (Fsp3) is 0.417. The smallest absolute Gasteiger partial charge is 0.247 e. The van der Waals surface area contributed by atoms with Crippen molar-refractivity contribution in [3.63, 3.8) is 0 Å². The number of piperazine rings is 1. The lowest BCUT2D eigenvalue weighted by Gasteiger charge is -2.47. The highest BCUT2D eigenvalue weighted by atomic mass is 35.5. The highest BCUT2D eigenvalue weighted by molar-refractivity contribution is 7.89. The van der Waals surface area contributed by atoms with Crippen LogP contribution in [-0.2, 0) is 19.6 Å². The standard InChI is InChI=1S/C24H30ClN3O4S/c1-17(2)12-13-26-23(30)24(4)16-27(33(31,32)20-8-6-5-7-9-20)15-22(29)28(24)21-14-19(25)11-10-18(21)3/h5-11,14,17H,12-13,15-16H2,1-4H3,(H,26,30)/t24-/m1/s1. The molecule has 1 N–H and O–H groups in total. The number of nitrogens with zero attached hydrogens (tertiary/aromatic N) is 2. The van der Waals surface area contributed by atoms with Crippen LogP contribution < -0.4 is 10.2 Å². The molecule has 2 aromatic carbocycles. The molecule has 3 rings (SSSR count). The highest BCUT2D eigenvalue weighted by Crippen LogP contribution is 2.35. The van der Waals surface area contributed by atoms with E-state index in [1.165, 1.54) is 17.0 Å². The van der Waals surface area contributed by atoms with Crippen LogP contribution in [0.2, 0.25) is 5.02 Å². The van der Waals surface area contributed by atoms with Crippen LogP contribution in [0.25, 0.3) is 0 Å². The number of halogens is 1. The third-order valence-electron chi connectivity index (χ3n) is 5.83. The maximum Gasteiger partial charge on any atom is 0.247 e. The van der Waals surface area contributed by atoms with Crippen LogP contribution in [0.4, 0.5) is 5.69 Å². The lowest BCUT2D eigenvalue weighted by Crippen LogP contribution is -2.70. The number of aryl methyl sites for hydroxylation is 1. The zero-order chi connectivity index (χ0) is 24.4. The summed E-state index contributed by atoms with van der Waals surface area (Å²) in [5, 5.41) is 3.32. The number of amides is 2. The first kappa shape index (κ1) is 25.2. The van der Waals surface area contributed by atoms with Crippen molar-refractivity contribution < 1.29 is 18.0 Å². The van der Waals surface area contributed by atoms with Crippen molar-refractivity contribution in [2.45, 2.75) is 44.6 Å². The molecule has 1 fully saturated rings. The van der Waals surface area contributed by atoms with Gasteiger partial charge in [0.05, 0.1) is 11.4 Å². The largest absolute Gasteiger partial charge is 0.354 e. The number of sulfonamides is 1. The first-order valence-corrected chi connectivity index (χ1v) is 12.7. The summed E-state index contributed by atoms with van der Waals surface area (Å²) >= 11 is 6.21. The van der Waals surface area contributed by atoms with Gasteiger partial charge in [0.15, 0.2) is 0 Å². The summed E-state index contributed by atoms with van der Waals surface area (Å²) in [6.07, 6.45) is 0.762. The van der Waals surface area contributed by atoms with Crippen LogP contribution in [0, 0.1) is 12.8 Å². The van der Waals surface area contributed by atoms with E-state index in [9.17, 15) is 18.0 Å². The van der Waals surface area contributed by atoms with Gasteiger partial charge >= 0.3 is 0 Å². The van der Waals surface area contributed by atoms with Gasteiger partial charge in [-0.3, -0.25) is 14.5 Å². The van der Waals surface area contributed by atoms with Crippen LogP contribution in [0.15, 0.2) is 53.4 Å². The first-order chi connectivity index (χ1) is 15.5. The summed E-state index contributed by atoms with van der Waals surface area (Å²) < 4.78 is 27.7. The number of benzene rings is 2. The summed E-state index contributed by atoms with van der Waals surface area (Å²) in [7, 11) is -3.98. The van der Waals surface area contributed by atoms with Crippen molar-refractivity contribution in [1.82, 2.24) is 9.62 Å². The van der Waals surface area contributed by atoms with Gasteiger partial charge in [-0.05, 0) is 56.0 Å². The van der Waals surface area contributed by atoms with Crippen molar-refractivity contribution in [3.05, 3.63) is 59.1 Å². The second-order valence-electron chi connectivity index (χ2n) is 8.96. The molecular formula is C24H30ClN3O4S. The molecular weight excluding hydrogens is 462 g/mol. The van der Waals surface area contributed by atoms with E-state index >= 15 is 0 Å². The van der Waals surface area contributed by atoms with Crippen LogP contribution in [0.1, 0.15) is 32.8 Å². The third kappa shape index (κ3) is 5.23. The van der Waals surface area contributed by atoms with Gasteiger partial charge in [0.2, 0.25) is 21.8 Å². The Morgan fingerprint density at radius 2 is 1.85 bits per heavy atom. The Morgan fingerprint density at radius 1 is 1.18 bits per heavy atom. The number of hydrogen-bond acceptors (Lipinski definition) is 4. The molecule has 0 spiro atoms. The van der Waals surface area contributed by atoms with Crippen LogP contribution >= 0.6 is 11.6 Å². The van der Waals surface area contributed by atoms with E-state index < -0.39 is 27.4 Å². The van der Waals surface area contributed by atoms with E-state index in [4.69, 9.17) is 11.6 Å². The second-order valence-corrected chi connectivity index (χ2v) is 11.3. The van der Waals surface area contributed by atoms with Gasteiger partial charge in [0.1, 0.15) is 5.54 Å². The fourth-order valence-electron chi connectivity index (χ4n) is 3.94. The molecule has 0 saturated carbocycles. The van der Waals surface area contributed by atoms with Crippen molar-refractivity contribution in [2.24, 2.45) is 5.92 Å². The molecule has 9 heteroatoms. The summed E-state index contributed by atoms with van der Waals surface area (Å²) in [6, 6.07) is 13.0. The molecule has 1 aliphatic rings. The minimum Gasteiger partial charge on any atom is -0.354 e. The Kier molecular flexibility index (Phi) is 7.51. The average molecular weight is 492 g/mol. The zero-order valence-electron chi connectivity index (χ0n) is 19.3. The maximum absolute atomic E-state index is 13.5. The number of anilines is 1. The van der Waals surface area contributed by atoms with E-state index in [2.05, 4.69) is 5.32 Å². The molecule has 0 aliphatic carbocycles. The van der Waals surface area contributed by atoms with Gasteiger partial charge < -0.3 is 5.32 Å².